The van der Waals surface area contributed by atoms with Crippen molar-refractivity contribution in [3.63, 3.8) is 0 Å². The highest BCUT2D eigenvalue weighted by Gasteiger charge is 1.92. The van der Waals surface area contributed by atoms with Gasteiger partial charge in [0.25, 0.3) is 0 Å². The van der Waals surface area contributed by atoms with Crippen molar-refractivity contribution >= 4 is 11.4 Å². The molecule has 0 saturated carbocycles. The van der Waals surface area contributed by atoms with Crippen molar-refractivity contribution < 1.29 is 0 Å². The van der Waals surface area contributed by atoms with E-state index in [0.29, 0.717) is 5.56 Å². The summed E-state index contributed by atoms with van der Waals surface area (Å²) in [5, 5.41) is 8.65. The third kappa shape index (κ3) is 2.52. The van der Waals surface area contributed by atoms with Gasteiger partial charge in [-0.1, -0.05) is 18.2 Å². The van der Waals surface area contributed by atoms with Gasteiger partial charge in [0.1, 0.15) is 0 Å². The molecule has 0 radical (unpaired) electrons. The summed E-state index contributed by atoms with van der Waals surface area (Å²) in [6.45, 7) is 0. The van der Waals surface area contributed by atoms with Crippen LogP contribution in [0.3, 0.4) is 0 Å². The van der Waals surface area contributed by atoms with Gasteiger partial charge in [0.2, 0.25) is 0 Å². The molecule has 0 amide bonds. The zero-order valence-electron chi connectivity index (χ0n) is 8.64. The van der Waals surface area contributed by atoms with E-state index in [1.54, 1.807) is 12.1 Å². The molecule has 2 aromatic rings. The Labute approximate surface area is 94.3 Å². The van der Waals surface area contributed by atoms with Crippen molar-refractivity contribution in [2.75, 3.05) is 10.9 Å². The summed E-state index contributed by atoms with van der Waals surface area (Å²) in [6.07, 6.45) is 0. The largest absolute Gasteiger partial charge is 0.301 e. The first-order chi connectivity index (χ1) is 7.88. The molecular weight excluding hydrogens is 198 g/mol. The quantitative estimate of drug-likeness (QED) is 0.764. The lowest BCUT2D eigenvalue weighted by Gasteiger charge is -2.09. The van der Waals surface area contributed by atoms with Crippen molar-refractivity contribution in [2.24, 2.45) is 0 Å². The molecule has 0 unspecified atom stereocenters. The zero-order chi connectivity index (χ0) is 11.2. The Morgan fingerprint density at radius 3 is 1.88 bits per heavy atom. The molecule has 0 bridgehead atoms. The van der Waals surface area contributed by atoms with Gasteiger partial charge in [0, 0.05) is 0 Å². The number of hydrogen-bond donors (Lipinski definition) is 2. The second-order valence-corrected chi connectivity index (χ2v) is 3.31. The molecular formula is C13H11N3. The first kappa shape index (κ1) is 10.1. The molecule has 0 heterocycles. The summed E-state index contributed by atoms with van der Waals surface area (Å²) in [5.74, 6) is 0. The molecule has 0 spiro atoms. The molecule has 3 heteroatoms. The average Bonchev–Trinajstić information content (AvgIpc) is 2.38. The number of nitrogens with zero attached hydrogens (tertiary/aromatic N) is 1. The van der Waals surface area contributed by atoms with Crippen molar-refractivity contribution in [1.29, 1.82) is 5.26 Å². The summed E-state index contributed by atoms with van der Waals surface area (Å²) in [5.41, 5.74) is 8.69. The monoisotopic (exact) mass is 209 g/mol. The van der Waals surface area contributed by atoms with Gasteiger partial charge in [-0.05, 0) is 36.4 Å². The molecule has 0 aliphatic heterocycles. The van der Waals surface area contributed by atoms with Crippen LogP contribution in [-0.4, -0.2) is 0 Å². The fourth-order valence-electron chi connectivity index (χ4n) is 1.29. The maximum Gasteiger partial charge on any atom is 0.0991 e. The Morgan fingerprint density at radius 2 is 1.31 bits per heavy atom. The summed E-state index contributed by atoms with van der Waals surface area (Å²) >= 11 is 0. The third-order valence-electron chi connectivity index (χ3n) is 2.14. The van der Waals surface area contributed by atoms with Gasteiger partial charge < -0.3 is 10.9 Å². The molecule has 0 saturated heterocycles. The summed E-state index contributed by atoms with van der Waals surface area (Å²) in [4.78, 5) is 0. The molecule has 0 aliphatic rings. The topological polar surface area (TPSA) is 47.9 Å². The highest BCUT2D eigenvalue weighted by atomic mass is 15.4. The molecule has 78 valence electrons. The van der Waals surface area contributed by atoms with E-state index >= 15 is 0 Å². The van der Waals surface area contributed by atoms with E-state index in [1.807, 2.05) is 42.5 Å². The van der Waals surface area contributed by atoms with Crippen LogP contribution in [0.2, 0.25) is 0 Å². The number of hydrogen-bond acceptors (Lipinski definition) is 3. The summed E-state index contributed by atoms with van der Waals surface area (Å²) in [7, 11) is 0. The summed E-state index contributed by atoms with van der Waals surface area (Å²) < 4.78 is 0. The van der Waals surface area contributed by atoms with Crippen LogP contribution in [0.25, 0.3) is 0 Å². The molecule has 2 N–H and O–H groups in total. The molecule has 3 nitrogen and oxygen atoms in total. The smallest absolute Gasteiger partial charge is 0.0991 e. The molecule has 0 aromatic heterocycles. The van der Waals surface area contributed by atoms with E-state index in [2.05, 4.69) is 16.9 Å². The van der Waals surface area contributed by atoms with E-state index in [0.717, 1.165) is 11.4 Å². The SMILES string of the molecule is N#Cc1ccc(NNc2ccccc2)cc1. The highest BCUT2D eigenvalue weighted by molar-refractivity contribution is 5.53. The summed E-state index contributed by atoms with van der Waals surface area (Å²) in [6, 6.07) is 19.2. The van der Waals surface area contributed by atoms with E-state index in [4.69, 9.17) is 5.26 Å². The fourth-order valence-corrected chi connectivity index (χ4v) is 1.29. The normalized spacial score (nSPS) is 9.19. The van der Waals surface area contributed by atoms with Crippen LogP contribution in [-0.2, 0) is 0 Å². The van der Waals surface area contributed by atoms with Crippen LogP contribution in [0.1, 0.15) is 5.56 Å². The Balaban J connectivity index is 1.98. The predicted molar refractivity (Wildman–Crippen MR) is 64.8 cm³/mol. The Morgan fingerprint density at radius 1 is 0.750 bits per heavy atom. The number of rotatable bonds is 3. The average molecular weight is 209 g/mol. The third-order valence-corrected chi connectivity index (χ3v) is 2.14. The second-order valence-electron chi connectivity index (χ2n) is 3.31. The fraction of sp³-hybridized carbons (Fsp3) is 0. The lowest BCUT2D eigenvalue weighted by atomic mass is 10.2. The van der Waals surface area contributed by atoms with Gasteiger partial charge in [-0.3, -0.25) is 0 Å². The first-order valence-electron chi connectivity index (χ1n) is 4.96. The van der Waals surface area contributed by atoms with Crippen LogP contribution in [0, 0.1) is 11.3 Å². The van der Waals surface area contributed by atoms with Crippen molar-refractivity contribution in [3.05, 3.63) is 60.2 Å². The van der Waals surface area contributed by atoms with Crippen molar-refractivity contribution in [3.8, 4) is 6.07 Å². The molecule has 0 atom stereocenters. The Bertz CT molecular complexity index is 483. The maximum atomic E-state index is 8.65. The number of para-hydroxylation sites is 1. The predicted octanol–water partition coefficient (Wildman–Crippen LogP) is 3.00. The van der Waals surface area contributed by atoms with E-state index in [1.165, 1.54) is 0 Å². The minimum absolute atomic E-state index is 0.658. The Hall–Kier alpha value is -2.47. The number of hydrazine groups is 1. The van der Waals surface area contributed by atoms with Gasteiger partial charge in [-0.25, -0.2) is 0 Å². The maximum absolute atomic E-state index is 8.65. The number of nitrogens with one attached hydrogen (secondary N) is 2. The standard InChI is InChI=1S/C13H11N3/c14-10-11-6-8-13(9-7-11)16-15-12-4-2-1-3-5-12/h1-9,15-16H. The van der Waals surface area contributed by atoms with Crippen LogP contribution >= 0.6 is 0 Å². The number of anilines is 2. The van der Waals surface area contributed by atoms with Crippen LogP contribution < -0.4 is 10.9 Å². The molecule has 2 aromatic carbocycles. The highest BCUT2D eigenvalue weighted by Crippen LogP contribution is 2.10. The van der Waals surface area contributed by atoms with Crippen LogP contribution in [0.15, 0.2) is 54.6 Å². The number of nitriles is 1. The van der Waals surface area contributed by atoms with E-state index < -0.39 is 0 Å². The second kappa shape index (κ2) is 4.85. The molecule has 2 rings (SSSR count). The first-order valence-corrected chi connectivity index (χ1v) is 4.96. The lowest BCUT2D eigenvalue weighted by molar-refractivity contribution is 1.40. The van der Waals surface area contributed by atoms with Gasteiger partial charge >= 0.3 is 0 Å². The number of benzene rings is 2. The van der Waals surface area contributed by atoms with Gasteiger partial charge in [-0.15, -0.1) is 0 Å². The zero-order valence-corrected chi connectivity index (χ0v) is 8.64. The molecule has 16 heavy (non-hydrogen) atoms. The van der Waals surface area contributed by atoms with Crippen molar-refractivity contribution in [2.45, 2.75) is 0 Å². The Kier molecular flexibility index (Phi) is 3.05. The van der Waals surface area contributed by atoms with Crippen LogP contribution in [0.5, 0.6) is 0 Å². The minimum atomic E-state index is 0.658. The van der Waals surface area contributed by atoms with Gasteiger partial charge in [0.15, 0.2) is 0 Å². The van der Waals surface area contributed by atoms with Gasteiger partial charge in [-0.2, -0.15) is 5.26 Å². The van der Waals surface area contributed by atoms with Crippen LogP contribution in [0.4, 0.5) is 11.4 Å². The molecule has 0 fully saturated rings. The van der Waals surface area contributed by atoms with Crippen molar-refractivity contribution in [1.82, 2.24) is 0 Å². The lowest BCUT2D eigenvalue weighted by Crippen LogP contribution is -2.07. The minimum Gasteiger partial charge on any atom is -0.301 e. The van der Waals surface area contributed by atoms with E-state index in [9.17, 15) is 0 Å². The van der Waals surface area contributed by atoms with Gasteiger partial charge in [0.05, 0.1) is 23.0 Å². The van der Waals surface area contributed by atoms with E-state index in [-0.39, 0.29) is 0 Å². The molecule has 0 aliphatic carbocycles.